The van der Waals surface area contributed by atoms with Crippen molar-refractivity contribution in [2.45, 2.75) is 70.7 Å². The summed E-state index contributed by atoms with van der Waals surface area (Å²) in [5.41, 5.74) is 1.78. The topological polar surface area (TPSA) is 102 Å². The minimum Gasteiger partial charge on any atom is -0.460 e. The van der Waals surface area contributed by atoms with E-state index in [1.54, 1.807) is 24.4 Å². The number of hydrogen-bond acceptors (Lipinski definition) is 7. The largest absolute Gasteiger partial charge is 0.460 e. The van der Waals surface area contributed by atoms with Crippen molar-refractivity contribution in [2.75, 3.05) is 26.3 Å². The Labute approximate surface area is 233 Å². The van der Waals surface area contributed by atoms with Gasteiger partial charge < -0.3 is 24.1 Å². The Morgan fingerprint density at radius 3 is 2.42 bits per heavy atom. The molecule has 3 fully saturated rings. The van der Waals surface area contributed by atoms with Crippen molar-refractivity contribution in [3.05, 3.63) is 48.2 Å². The van der Waals surface area contributed by atoms with Crippen LogP contribution in [0.2, 0.25) is 0 Å². The number of ether oxygens (including phenoxy) is 3. The lowest BCUT2D eigenvalue weighted by molar-refractivity contribution is -0.234. The quantitative estimate of drug-likeness (QED) is 0.436. The van der Waals surface area contributed by atoms with Crippen LogP contribution in [-0.2, 0) is 14.3 Å². The molecule has 3 aromatic rings. The molecule has 40 heavy (non-hydrogen) atoms. The number of halogens is 1. The minimum absolute atomic E-state index is 0.0734. The van der Waals surface area contributed by atoms with Crippen LogP contribution in [-0.4, -0.2) is 63.2 Å². The van der Waals surface area contributed by atoms with Gasteiger partial charge in [-0.1, -0.05) is 6.42 Å². The van der Waals surface area contributed by atoms with E-state index in [1.807, 2.05) is 11.8 Å². The first-order valence-corrected chi connectivity index (χ1v) is 14.4. The summed E-state index contributed by atoms with van der Waals surface area (Å²) < 4.78 is 32.0. The van der Waals surface area contributed by atoms with Gasteiger partial charge in [-0.3, -0.25) is 4.79 Å². The fraction of sp³-hybridized carbons (Fsp3) is 0.533. The first kappa shape index (κ1) is 26.8. The minimum atomic E-state index is -0.782. The molecule has 212 valence electrons. The number of aromatic amines is 1. The molecule has 0 spiro atoms. The van der Waals surface area contributed by atoms with Crippen molar-refractivity contribution in [3.8, 4) is 28.7 Å². The molecule has 6 rings (SSSR count). The van der Waals surface area contributed by atoms with Gasteiger partial charge in [-0.05, 0) is 82.2 Å². The second kappa shape index (κ2) is 11.6. The standard InChI is InChI=1S/C30H36FN5O4/c1-30(28(37)36-16-6-3-7-17-36)18-38-27(39-19-30)26-34-24(20-10-12-21(31)13-11-20)25(35-26)23-14-15-32-29(33-23)40-22-8-4-2-5-9-22/h10-15,22,27H,2-9,16-19H2,1H3,(H,34,35). The average Bonchev–Trinajstić information content (AvgIpc) is 3.44. The normalized spacial score (nSPS) is 24.1. The summed E-state index contributed by atoms with van der Waals surface area (Å²) >= 11 is 0. The molecular formula is C30H36FN5O4. The van der Waals surface area contributed by atoms with Crippen molar-refractivity contribution in [1.82, 2.24) is 24.8 Å². The van der Waals surface area contributed by atoms with Crippen molar-refractivity contribution >= 4 is 5.91 Å². The van der Waals surface area contributed by atoms with Crippen LogP contribution >= 0.6 is 0 Å². The lowest BCUT2D eigenvalue weighted by Crippen LogP contribution is -2.51. The van der Waals surface area contributed by atoms with Crippen molar-refractivity contribution in [3.63, 3.8) is 0 Å². The highest BCUT2D eigenvalue weighted by molar-refractivity contribution is 5.83. The first-order valence-electron chi connectivity index (χ1n) is 14.4. The van der Waals surface area contributed by atoms with Gasteiger partial charge in [0.1, 0.15) is 11.9 Å². The average molecular weight is 550 g/mol. The summed E-state index contributed by atoms with van der Waals surface area (Å²) in [4.78, 5) is 32.3. The maximum Gasteiger partial charge on any atom is 0.317 e. The van der Waals surface area contributed by atoms with Gasteiger partial charge in [0.25, 0.3) is 0 Å². The highest BCUT2D eigenvalue weighted by Gasteiger charge is 2.43. The van der Waals surface area contributed by atoms with Crippen LogP contribution in [0.1, 0.15) is 70.4 Å². The van der Waals surface area contributed by atoms with Crippen LogP contribution in [0.5, 0.6) is 6.01 Å². The lowest BCUT2D eigenvalue weighted by Gasteiger charge is -2.40. The van der Waals surface area contributed by atoms with Crippen LogP contribution < -0.4 is 4.74 Å². The number of H-pyrrole nitrogens is 1. The SMILES string of the molecule is CC1(C(=O)N2CCCCC2)COC(c2nc(-c3ccc(F)cc3)c(-c3ccnc(OC4CCCCC4)n3)[nH]2)OC1. The zero-order valence-corrected chi connectivity index (χ0v) is 22.9. The third-order valence-electron chi connectivity index (χ3n) is 8.04. The molecule has 3 aliphatic rings. The van der Waals surface area contributed by atoms with E-state index in [4.69, 9.17) is 19.2 Å². The lowest BCUT2D eigenvalue weighted by atomic mass is 9.89. The van der Waals surface area contributed by atoms with Gasteiger partial charge in [-0.2, -0.15) is 4.98 Å². The Kier molecular flexibility index (Phi) is 7.80. The van der Waals surface area contributed by atoms with Crippen molar-refractivity contribution in [2.24, 2.45) is 5.41 Å². The number of amides is 1. The van der Waals surface area contributed by atoms with E-state index in [9.17, 15) is 9.18 Å². The summed E-state index contributed by atoms with van der Waals surface area (Å²) in [5, 5.41) is 0. The van der Waals surface area contributed by atoms with E-state index < -0.39 is 11.7 Å². The van der Waals surface area contributed by atoms with E-state index in [-0.39, 0.29) is 31.0 Å². The van der Waals surface area contributed by atoms with Crippen LogP contribution in [0.4, 0.5) is 4.39 Å². The summed E-state index contributed by atoms with van der Waals surface area (Å²) in [6.07, 6.45) is 9.74. The van der Waals surface area contributed by atoms with Gasteiger partial charge in [-0.15, -0.1) is 0 Å². The number of imidazole rings is 1. The molecule has 4 heterocycles. The summed E-state index contributed by atoms with van der Waals surface area (Å²) in [6.45, 7) is 3.91. The number of nitrogens with zero attached hydrogens (tertiary/aromatic N) is 4. The summed E-state index contributed by atoms with van der Waals surface area (Å²) in [7, 11) is 0. The number of likely N-dealkylation sites (tertiary alicyclic amines) is 1. The predicted octanol–water partition coefficient (Wildman–Crippen LogP) is 5.45. The highest BCUT2D eigenvalue weighted by Crippen LogP contribution is 2.37. The smallest absolute Gasteiger partial charge is 0.317 e. The molecule has 1 N–H and O–H groups in total. The van der Waals surface area contributed by atoms with Gasteiger partial charge in [0.15, 0.2) is 5.82 Å². The first-order chi connectivity index (χ1) is 19.5. The Morgan fingerprint density at radius 1 is 1.00 bits per heavy atom. The molecule has 0 atom stereocenters. The molecule has 0 bridgehead atoms. The molecule has 2 saturated heterocycles. The molecule has 1 aromatic carbocycles. The zero-order chi connectivity index (χ0) is 27.5. The van der Waals surface area contributed by atoms with Crippen LogP contribution in [0.15, 0.2) is 36.5 Å². The molecule has 1 saturated carbocycles. The van der Waals surface area contributed by atoms with Gasteiger partial charge in [-0.25, -0.2) is 14.4 Å². The summed E-state index contributed by atoms with van der Waals surface area (Å²) in [5.74, 6) is 0.197. The molecule has 2 aromatic heterocycles. The number of rotatable bonds is 6. The number of carbonyl (C=O) groups is 1. The van der Waals surface area contributed by atoms with E-state index in [2.05, 4.69) is 15.0 Å². The van der Waals surface area contributed by atoms with Gasteiger partial charge >= 0.3 is 6.01 Å². The number of hydrogen-bond donors (Lipinski definition) is 1. The number of benzene rings is 1. The number of aromatic nitrogens is 4. The van der Waals surface area contributed by atoms with E-state index in [1.165, 1.54) is 18.6 Å². The second-order valence-corrected chi connectivity index (χ2v) is 11.3. The number of carbonyl (C=O) groups excluding carboxylic acids is 1. The molecule has 9 nitrogen and oxygen atoms in total. The van der Waals surface area contributed by atoms with E-state index in [0.717, 1.165) is 58.0 Å². The van der Waals surface area contributed by atoms with Crippen LogP contribution in [0.25, 0.3) is 22.6 Å². The van der Waals surface area contributed by atoms with Gasteiger partial charge in [0, 0.05) is 24.8 Å². The van der Waals surface area contributed by atoms with Crippen molar-refractivity contribution < 1.29 is 23.4 Å². The maximum atomic E-state index is 13.7. The van der Waals surface area contributed by atoms with Crippen LogP contribution in [0.3, 0.4) is 0 Å². The maximum absolute atomic E-state index is 13.7. The van der Waals surface area contributed by atoms with E-state index in [0.29, 0.717) is 34.5 Å². The third kappa shape index (κ3) is 5.74. The van der Waals surface area contributed by atoms with E-state index >= 15 is 0 Å². The molecular weight excluding hydrogens is 513 g/mol. The molecule has 2 aliphatic heterocycles. The highest BCUT2D eigenvalue weighted by atomic mass is 19.1. The third-order valence-corrected chi connectivity index (χ3v) is 8.04. The predicted molar refractivity (Wildman–Crippen MR) is 146 cm³/mol. The zero-order valence-electron chi connectivity index (χ0n) is 22.9. The Balaban J connectivity index is 1.25. The molecule has 0 radical (unpaired) electrons. The summed E-state index contributed by atoms with van der Waals surface area (Å²) in [6, 6.07) is 8.26. The molecule has 10 heteroatoms. The second-order valence-electron chi connectivity index (χ2n) is 11.3. The number of nitrogens with one attached hydrogen (secondary N) is 1. The molecule has 1 amide bonds. The molecule has 1 aliphatic carbocycles. The van der Waals surface area contributed by atoms with Gasteiger partial charge in [0.2, 0.25) is 12.2 Å². The fourth-order valence-corrected chi connectivity index (χ4v) is 5.74. The monoisotopic (exact) mass is 549 g/mol. The van der Waals surface area contributed by atoms with Gasteiger partial charge in [0.05, 0.1) is 35.7 Å². The fourth-order valence-electron chi connectivity index (χ4n) is 5.74. The Hall–Kier alpha value is -3.37. The Bertz CT molecular complexity index is 1310. The van der Waals surface area contributed by atoms with Crippen molar-refractivity contribution in [1.29, 1.82) is 0 Å². The Morgan fingerprint density at radius 2 is 1.70 bits per heavy atom. The molecule has 0 unspecified atom stereocenters. The van der Waals surface area contributed by atoms with Crippen LogP contribution in [0, 0.1) is 11.2 Å². The number of piperidine rings is 1.